The second kappa shape index (κ2) is 9.84. The van der Waals surface area contributed by atoms with Crippen LogP contribution >= 0.6 is 11.3 Å². The Bertz CT molecular complexity index is 1480. The van der Waals surface area contributed by atoms with E-state index in [0.29, 0.717) is 27.6 Å². The van der Waals surface area contributed by atoms with Crippen molar-refractivity contribution in [1.29, 1.82) is 0 Å². The van der Waals surface area contributed by atoms with E-state index in [2.05, 4.69) is 24.3 Å². The topological polar surface area (TPSA) is 90.3 Å². The molecule has 1 N–H and O–H groups in total. The van der Waals surface area contributed by atoms with Gasteiger partial charge < -0.3 is 10.1 Å². The number of carbonyl (C=O) groups excluding carboxylic acids is 2. The summed E-state index contributed by atoms with van der Waals surface area (Å²) >= 11 is 1.17. The molecule has 0 bridgehead atoms. The van der Waals surface area contributed by atoms with Crippen molar-refractivity contribution in [3.63, 3.8) is 0 Å². The van der Waals surface area contributed by atoms with Crippen molar-refractivity contribution < 1.29 is 14.3 Å². The summed E-state index contributed by atoms with van der Waals surface area (Å²) in [5, 5.41) is 9.79. The number of esters is 1. The molecule has 180 valence electrons. The Balaban J connectivity index is 1.85. The van der Waals surface area contributed by atoms with Crippen molar-refractivity contribution in [2.75, 3.05) is 11.9 Å². The summed E-state index contributed by atoms with van der Waals surface area (Å²) in [6.07, 6.45) is 0. The smallest absolute Gasteiger partial charge is 0.359 e. The lowest BCUT2D eigenvalue weighted by atomic mass is 10.0. The molecule has 0 radical (unpaired) electrons. The highest BCUT2D eigenvalue weighted by Crippen LogP contribution is 2.31. The number of hydrogen-bond acceptors (Lipinski definition) is 6. The predicted molar refractivity (Wildman–Crippen MR) is 139 cm³/mol. The summed E-state index contributed by atoms with van der Waals surface area (Å²) in [7, 11) is 0. The lowest BCUT2D eigenvalue weighted by Gasteiger charge is -2.11. The summed E-state index contributed by atoms with van der Waals surface area (Å²) in [5.74, 6) is -0.635. The van der Waals surface area contributed by atoms with Gasteiger partial charge in [0.05, 0.1) is 17.7 Å². The number of nitrogens with zero attached hydrogens (tertiary/aromatic N) is 2. The average Bonchev–Trinajstić information content (AvgIpc) is 3.25. The fourth-order valence-corrected chi connectivity index (χ4v) is 4.66. The van der Waals surface area contributed by atoms with E-state index >= 15 is 0 Å². The van der Waals surface area contributed by atoms with E-state index in [-0.39, 0.29) is 23.6 Å². The molecule has 0 atom stereocenters. The molecule has 0 saturated heterocycles. The number of aromatic nitrogens is 2. The first kappa shape index (κ1) is 24.3. The molecule has 0 unspecified atom stereocenters. The Morgan fingerprint density at radius 1 is 1.09 bits per heavy atom. The Morgan fingerprint density at radius 2 is 1.80 bits per heavy atom. The molecule has 0 aliphatic carbocycles. The second-order valence-corrected chi connectivity index (χ2v) is 9.52. The molecule has 2 aromatic heterocycles. The monoisotopic (exact) mass is 489 g/mol. The highest BCUT2D eigenvalue weighted by atomic mass is 32.1. The van der Waals surface area contributed by atoms with Gasteiger partial charge in [-0.3, -0.25) is 9.59 Å². The van der Waals surface area contributed by atoms with Gasteiger partial charge in [-0.05, 0) is 67.6 Å². The lowest BCUT2D eigenvalue weighted by molar-refractivity contribution is 0.0520. The van der Waals surface area contributed by atoms with Crippen LogP contribution in [0.2, 0.25) is 0 Å². The molecule has 0 spiro atoms. The van der Waals surface area contributed by atoms with Crippen molar-refractivity contribution in [3.05, 3.63) is 86.1 Å². The maximum absolute atomic E-state index is 13.6. The molecular formula is C27H27N3O4S. The number of fused-ring (bicyclic) bond motifs is 1. The minimum absolute atomic E-state index is 0.0253. The second-order valence-electron chi connectivity index (χ2n) is 8.64. The van der Waals surface area contributed by atoms with Gasteiger partial charge in [-0.2, -0.15) is 9.78 Å². The van der Waals surface area contributed by atoms with Crippen LogP contribution in [-0.2, 0) is 4.74 Å². The number of hydrogen-bond donors (Lipinski definition) is 1. The average molecular weight is 490 g/mol. The van der Waals surface area contributed by atoms with E-state index in [1.165, 1.54) is 16.0 Å². The first-order chi connectivity index (χ1) is 16.7. The van der Waals surface area contributed by atoms with E-state index < -0.39 is 11.5 Å². The van der Waals surface area contributed by atoms with E-state index in [1.807, 2.05) is 32.0 Å². The molecule has 0 fully saturated rings. The van der Waals surface area contributed by atoms with Crippen LogP contribution in [0.4, 0.5) is 5.00 Å². The fourth-order valence-electron chi connectivity index (χ4n) is 3.73. The van der Waals surface area contributed by atoms with Crippen molar-refractivity contribution in [2.45, 2.75) is 40.5 Å². The minimum atomic E-state index is -0.630. The number of rotatable bonds is 6. The van der Waals surface area contributed by atoms with Crippen LogP contribution < -0.4 is 10.9 Å². The Labute approximate surface area is 207 Å². The SMILES string of the molecule is CCOC(=O)c1nn(-c2ccc(C(C)C)cc2)c(=O)c2c(NC(=O)c3ccc(C)c(C)c3)scc12. The number of anilines is 1. The molecule has 35 heavy (non-hydrogen) atoms. The van der Waals surface area contributed by atoms with Crippen molar-refractivity contribution >= 4 is 39.0 Å². The minimum Gasteiger partial charge on any atom is -0.461 e. The van der Waals surface area contributed by atoms with E-state index in [1.54, 1.807) is 36.6 Å². The van der Waals surface area contributed by atoms with Gasteiger partial charge in [-0.25, -0.2) is 4.79 Å². The van der Waals surface area contributed by atoms with E-state index in [4.69, 9.17) is 4.74 Å². The van der Waals surface area contributed by atoms with Crippen molar-refractivity contribution in [2.24, 2.45) is 0 Å². The summed E-state index contributed by atoms with van der Waals surface area (Å²) < 4.78 is 6.39. The molecule has 1 amide bonds. The van der Waals surface area contributed by atoms with Crippen LogP contribution in [0.1, 0.15) is 64.2 Å². The third-order valence-electron chi connectivity index (χ3n) is 5.92. The van der Waals surface area contributed by atoms with E-state index in [0.717, 1.165) is 16.7 Å². The number of carbonyl (C=O) groups is 2. The van der Waals surface area contributed by atoms with Crippen LogP contribution in [0.25, 0.3) is 16.5 Å². The molecule has 7 nitrogen and oxygen atoms in total. The normalized spacial score (nSPS) is 11.1. The highest BCUT2D eigenvalue weighted by Gasteiger charge is 2.23. The quantitative estimate of drug-likeness (QED) is 0.355. The largest absolute Gasteiger partial charge is 0.461 e. The van der Waals surface area contributed by atoms with Gasteiger partial charge in [-0.1, -0.05) is 32.0 Å². The summed E-state index contributed by atoms with van der Waals surface area (Å²) in [4.78, 5) is 39.3. The van der Waals surface area contributed by atoms with Crippen LogP contribution in [0.5, 0.6) is 0 Å². The van der Waals surface area contributed by atoms with Crippen LogP contribution in [0.15, 0.2) is 52.6 Å². The third-order valence-corrected chi connectivity index (χ3v) is 6.82. The molecule has 4 rings (SSSR count). The summed E-state index contributed by atoms with van der Waals surface area (Å²) in [6.45, 7) is 9.96. The molecule has 8 heteroatoms. The third kappa shape index (κ3) is 4.74. The summed E-state index contributed by atoms with van der Waals surface area (Å²) in [5.41, 5.74) is 3.79. The molecule has 0 saturated carbocycles. The zero-order valence-electron chi connectivity index (χ0n) is 20.3. The number of benzene rings is 2. The van der Waals surface area contributed by atoms with Crippen LogP contribution in [0.3, 0.4) is 0 Å². The van der Waals surface area contributed by atoms with Gasteiger partial charge in [0, 0.05) is 16.3 Å². The van der Waals surface area contributed by atoms with Gasteiger partial charge >= 0.3 is 5.97 Å². The zero-order valence-corrected chi connectivity index (χ0v) is 21.2. The zero-order chi connectivity index (χ0) is 25.3. The molecule has 2 aromatic carbocycles. The Kier molecular flexibility index (Phi) is 6.84. The maximum Gasteiger partial charge on any atom is 0.359 e. The summed E-state index contributed by atoms with van der Waals surface area (Å²) in [6, 6.07) is 12.9. The number of thiophene rings is 1. The first-order valence-electron chi connectivity index (χ1n) is 11.4. The van der Waals surface area contributed by atoms with Crippen LogP contribution in [-0.4, -0.2) is 28.3 Å². The van der Waals surface area contributed by atoms with E-state index in [9.17, 15) is 14.4 Å². The number of amides is 1. The fraction of sp³-hybridized carbons (Fsp3) is 0.259. The van der Waals surface area contributed by atoms with Crippen molar-refractivity contribution in [3.8, 4) is 5.69 Å². The standard InChI is InChI=1S/C27H27N3O4S/c1-6-34-27(33)23-21-14-35-25(28-24(31)19-8-7-16(4)17(5)13-19)22(21)26(32)30(29-23)20-11-9-18(10-12-20)15(2)3/h7-15H,6H2,1-5H3,(H,28,31). The van der Waals surface area contributed by atoms with Gasteiger partial charge in [0.15, 0.2) is 5.69 Å². The lowest BCUT2D eigenvalue weighted by Crippen LogP contribution is -2.25. The molecule has 0 aliphatic heterocycles. The van der Waals surface area contributed by atoms with Gasteiger partial charge in [0.25, 0.3) is 11.5 Å². The van der Waals surface area contributed by atoms with Crippen molar-refractivity contribution in [1.82, 2.24) is 9.78 Å². The van der Waals surface area contributed by atoms with Gasteiger partial charge in [0.1, 0.15) is 5.00 Å². The molecule has 4 aromatic rings. The van der Waals surface area contributed by atoms with Crippen LogP contribution in [0, 0.1) is 13.8 Å². The van der Waals surface area contributed by atoms with Gasteiger partial charge in [0.2, 0.25) is 0 Å². The predicted octanol–water partition coefficient (Wildman–Crippen LogP) is 5.62. The highest BCUT2D eigenvalue weighted by molar-refractivity contribution is 7.16. The number of aryl methyl sites for hydroxylation is 2. The molecular weight excluding hydrogens is 462 g/mol. The number of nitrogens with one attached hydrogen (secondary N) is 1. The Hall–Kier alpha value is -3.78. The Morgan fingerprint density at radius 3 is 2.43 bits per heavy atom. The first-order valence-corrected chi connectivity index (χ1v) is 12.3. The van der Waals surface area contributed by atoms with Gasteiger partial charge in [-0.15, -0.1) is 11.3 Å². The molecule has 0 aliphatic rings. The number of ether oxygens (including phenoxy) is 1. The maximum atomic E-state index is 13.6. The molecule has 2 heterocycles.